The van der Waals surface area contributed by atoms with Crippen molar-refractivity contribution in [2.24, 2.45) is 11.7 Å². The topological polar surface area (TPSA) is 113 Å². The largest absolute Gasteiger partial charge is 0.382 e. The first-order valence-corrected chi connectivity index (χ1v) is 7.98. The Kier molecular flexibility index (Phi) is 3.47. The SMILES string of the molecule is Nc1cnc(-n2c([C@@H](N)C3CC3)nc3cccc(Cl)c3c2=O)cn1. The molecule has 0 amide bonds. The maximum Gasteiger partial charge on any atom is 0.268 e. The molecule has 8 heteroatoms. The smallest absolute Gasteiger partial charge is 0.268 e. The van der Waals surface area contributed by atoms with E-state index in [1.165, 1.54) is 17.0 Å². The molecule has 0 bridgehead atoms. The number of aromatic nitrogens is 4. The minimum Gasteiger partial charge on any atom is -0.382 e. The van der Waals surface area contributed by atoms with Crippen molar-refractivity contribution in [3.8, 4) is 5.82 Å². The molecule has 1 aliphatic rings. The summed E-state index contributed by atoms with van der Waals surface area (Å²) in [4.78, 5) is 25.9. The van der Waals surface area contributed by atoms with Gasteiger partial charge in [0.15, 0.2) is 5.82 Å². The van der Waals surface area contributed by atoms with E-state index >= 15 is 0 Å². The lowest BCUT2D eigenvalue weighted by atomic mass is 10.1. The minimum atomic E-state index is -0.347. The highest BCUT2D eigenvalue weighted by Gasteiger charge is 2.33. The van der Waals surface area contributed by atoms with Gasteiger partial charge in [0.05, 0.1) is 34.4 Å². The van der Waals surface area contributed by atoms with Gasteiger partial charge in [-0.2, -0.15) is 0 Å². The Balaban J connectivity index is 2.05. The van der Waals surface area contributed by atoms with E-state index in [0.29, 0.717) is 33.5 Å². The van der Waals surface area contributed by atoms with E-state index in [2.05, 4.69) is 15.0 Å². The zero-order chi connectivity index (χ0) is 16.8. The Bertz CT molecular complexity index is 980. The molecule has 1 aliphatic carbocycles. The second-order valence-electron chi connectivity index (χ2n) is 5.91. The molecule has 7 nitrogen and oxygen atoms in total. The quantitative estimate of drug-likeness (QED) is 0.750. The molecular weight excluding hydrogens is 328 g/mol. The highest BCUT2D eigenvalue weighted by atomic mass is 35.5. The molecule has 24 heavy (non-hydrogen) atoms. The van der Waals surface area contributed by atoms with Crippen molar-refractivity contribution in [3.63, 3.8) is 0 Å². The van der Waals surface area contributed by atoms with Gasteiger partial charge in [0.2, 0.25) is 0 Å². The Morgan fingerprint density at radius 3 is 2.71 bits per heavy atom. The van der Waals surface area contributed by atoms with Crippen molar-refractivity contribution in [1.29, 1.82) is 0 Å². The first kappa shape index (κ1) is 15.0. The molecular formula is C16H15ClN6O. The van der Waals surface area contributed by atoms with Crippen LogP contribution in [-0.4, -0.2) is 19.5 Å². The fourth-order valence-electron chi connectivity index (χ4n) is 2.76. The number of hydrogen-bond acceptors (Lipinski definition) is 6. The van der Waals surface area contributed by atoms with Crippen molar-refractivity contribution in [3.05, 3.63) is 51.8 Å². The van der Waals surface area contributed by atoms with Crippen LogP contribution in [0.1, 0.15) is 24.7 Å². The molecule has 1 fully saturated rings. The second kappa shape index (κ2) is 5.54. The molecule has 0 saturated heterocycles. The third kappa shape index (κ3) is 2.42. The third-order valence-electron chi connectivity index (χ3n) is 4.19. The minimum absolute atomic E-state index is 0.270. The highest BCUT2D eigenvalue weighted by Crippen LogP contribution is 2.39. The van der Waals surface area contributed by atoms with Crippen LogP contribution in [0.5, 0.6) is 0 Å². The van der Waals surface area contributed by atoms with Gasteiger partial charge in [0.25, 0.3) is 5.56 Å². The average molecular weight is 343 g/mol. The Morgan fingerprint density at radius 2 is 2.04 bits per heavy atom. The monoisotopic (exact) mass is 342 g/mol. The van der Waals surface area contributed by atoms with E-state index < -0.39 is 0 Å². The van der Waals surface area contributed by atoms with Crippen LogP contribution in [0.2, 0.25) is 5.02 Å². The van der Waals surface area contributed by atoms with Gasteiger partial charge in [-0.1, -0.05) is 17.7 Å². The molecule has 4 rings (SSSR count). The third-order valence-corrected chi connectivity index (χ3v) is 4.50. The number of fused-ring (bicyclic) bond motifs is 1. The number of nitrogens with two attached hydrogens (primary N) is 2. The van der Waals surface area contributed by atoms with Gasteiger partial charge in [0, 0.05) is 0 Å². The summed E-state index contributed by atoms with van der Waals surface area (Å²) in [5.41, 5.74) is 12.1. The fourth-order valence-corrected chi connectivity index (χ4v) is 3.02. The van der Waals surface area contributed by atoms with Crippen LogP contribution in [0.25, 0.3) is 16.7 Å². The first-order valence-electron chi connectivity index (χ1n) is 7.61. The molecule has 0 spiro atoms. The van der Waals surface area contributed by atoms with E-state index in [9.17, 15) is 4.79 Å². The van der Waals surface area contributed by atoms with Crippen LogP contribution in [-0.2, 0) is 0 Å². The summed E-state index contributed by atoms with van der Waals surface area (Å²) >= 11 is 6.21. The van der Waals surface area contributed by atoms with Crippen LogP contribution in [0.15, 0.2) is 35.4 Å². The standard InChI is InChI=1S/C16H15ClN6O/c17-9-2-1-3-10-13(9)16(24)23(12-7-20-11(18)6-21-12)15(22-10)14(19)8-4-5-8/h1-3,6-8,14H,4-5,19H2,(H2,18,20)/t14-/m0/s1. The lowest BCUT2D eigenvalue weighted by Gasteiger charge is -2.17. The van der Waals surface area contributed by atoms with Gasteiger partial charge in [-0.25, -0.2) is 19.5 Å². The molecule has 0 radical (unpaired) electrons. The van der Waals surface area contributed by atoms with E-state index in [4.69, 9.17) is 23.1 Å². The zero-order valence-electron chi connectivity index (χ0n) is 12.7. The Labute approximate surface area is 142 Å². The molecule has 0 unspecified atom stereocenters. The number of rotatable bonds is 3. The second-order valence-corrected chi connectivity index (χ2v) is 6.31. The summed E-state index contributed by atoms with van der Waals surface area (Å²) in [5, 5.41) is 0.679. The van der Waals surface area contributed by atoms with Crippen molar-refractivity contribution < 1.29 is 0 Å². The maximum absolute atomic E-state index is 13.1. The number of anilines is 1. The summed E-state index contributed by atoms with van der Waals surface area (Å²) in [6, 6.07) is 4.83. The van der Waals surface area contributed by atoms with Gasteiger partial charge in [-0.3, -0.25) is 4.79 Å². The summed E-state index contributed by atoms with van der Waals surface area (Å²) in [6.45, 7) is 0. The van der Waals surface area contributed by atoms with Crippen LogP contribution in [0.3, 0.4) is 0 Å². The van der Waals surface area contributed by atoms with Crippen molar-refractivity contribution in [2.75, 3.05) is 5.73 Å². The zero-order valence-corrected chi connectivity index (χ0v) is 13.4. The average Bonchev–Trinajstić information content (AvgIpc) is 3.40. The van der Waals surface area contributed by atoms with Crippen molar-refractivity contribution in [1.82, 2.24) is 19.5 Å². The number of nitrogen functional groups attached to an aromatic ring is 1. The molecule has 3 aromatic rings. The maximum atomic E-state index is 13.1. The van der Waals surface area contributed by atoms with Crippen LogP contribution in [0, 0.1) is 5.92 Å². The number of benzene rings is 1. The van der Waals surface area contributed by atoms with E-state index in [1.807, 2.05) is 0 Å². The van der Waals surface area contributed by atoms with Crippen LogP contribution >= 0.6 is 11.6 Å². The molecule has 2 aromatic heterocycles. The van der Waals surface area contributed by atoms with Gasteiger partial charge >= 0.3 is 0 Å². The molecule has 1 saturated carbocycles. The lowest BCUT2D eigenvalue weighted by molar-refractivity contribution is 0.571. The predicted octanol–water partition coefficient (Wildman–Crippen LogP) is 1.82. The normalized spacial score (nSPS) is 15.6. The number of halogens is 1. The van der Waals surface area contributed by atoms with Crippen molar-refractivity contribution in [2.45, 2.75) is 18.9 Å². The number of hydrogen-bond donors (Lipinski definition) is 2. The Morgan fingerprint density at radius 1 is 1.25 bits per heavy atom. The first-order chi connectivity index (χ1) is 11.6. The van der Waals surface area contributed by atoms with Gasteiger partial charge in [-0.05, 0) is 30.9 Å². The molecule has 1 atom stereocenters. The summed E-state index contributed by atoms with van der Waals surface area (Å²) in [6.07, 6.45) is 4.88. The summed E-state index contributed by atoms with van der Waals surface area (Å²) < 4.78 is 1.39. The van der Waals surface area contributed by atoms with Crippen LogP contribution in [0.4, 0.5) is 5.82 Å². The molecule has 0 aliphatic heterocycles. The van der Waals surface area contributed by atoms with Gasteiger partial charge in [0.1, 0.15) is 11.6 Å². The number of nitrogens with zero attached hydrogens (tertiary/aromatic N) is 4. The Hall–Kier alpha value is -2.51. The van der Waals surface area contributed by atoms with E-state index in [1.54, 1.807) is 18.2 Å². The molecule has 4 N–H and O–H groups in total. The molecule has 2 heterocycles. The van der Waals surface area contributed by atoms with Crippen LogP contribution < -0.4 is 17.0 Å². The fraction of sp³-hybridized carbons (Fsp3) is 0.250. The van der Waals surface area contributed by atoms with Crippen molar-refractivity contribution >= 4 is 28.3 Å². The lowest BCUT2D eigenvalue weighted by Crippen LogP contribution is -2.30. The summed E-state index contributed by atoms with van der Waals surface area (Å²) in [7, 11) is 0. The molecule has 1 aromatic carbocycles. The summed E-state index contributed by atoms with van der Waals surface area (Å²) in [5.74, 6) is 1.39. The van der Waals surface area contributed by atoms with E-state index in [0.717, 1.165) is 12.8 Å². The highest BCUT2D eigenvalue weighted by molar-refractivity contribution is 6.35. The van der Waals surface area contributed by atoms with E-state index in [-0.39, 0.29) is 17.4 Å². The van der Waals surface area contributed by atoms with Gasteiger partial charge in [-0.15, -0.1) is 0 Å². The van der Waals surface area contributed by atoms with Gasteiger partial charge < -0.3 is 11.5 Å². The molecule has 122 valence electrons. The predicted molar refractivity (Wildman–Crippen MR) is 92.0 cm³/mol.